The maximum Gasteiger partial charge on any atom is 0.321 e. The fourth-order valence-electron chi connectivity index (χ4n) is 4.93. The smallest absolute Gasteiger partial charge is 0.321 e. The molecule has 0 aliphatic carbocycles. The van der Waals surface area contributed by atoms with E-state index in [9.17, 15) is 4.79 Å². The molecule has 6 rings (SSSR count). The number of aromatic nitrogens is 2. The van der Waals surface area contributed by atoms with Gasteiger partial charge in [-0.25, -0.2) is 9.78 Å². The normalized spacial score (nSPS) is 16.9. The number of likely N-dealkylation sites (tertiary alicyclic amines) is 1. The Bertz CT molecular complexity index is 1400. The Morgan fingerprint density at radius 3 is 2.94 bits per heavy atom. The predicted octanol–water partition coefficient (Wildman–Crippen LogP) is 5.15. The summed E-state index contributed by atoms with van der Waals surface area (Å²) in [6, 6.07) is 19.4. The largest absolute Gasteiger partial charge is 0.497 e. The number of pyridine rings is 1. The molecule has 178 valence electrons. The molecule has 8 heteroatoms. The molecule has 8 nitrogen and oxygen atoms in total. The summed E-state index contributed by atoms with van der Waals surface area (Å²) in [6.07, 6.45) is 3.92. The SMILES string of the molecule is COc1cccc(-c2nc(C3CCCN(C(=O)Nc4cccc5c4OCO5)C3)n3ccccc23)c1. The van der Waals surface area contributed by atoms with Crippen molar-refractivity contribution in [2.45, 2.75) is 18.8 Å². The molecule has 0 radical (unpaired) electrons. The van der Waals surface area contributed by atoms with Gasteiger partial charge >= 0.3 is 6.03 Å². The molecule has 1 saturated heterocycles. The first-order valence-electron chi connectivity index (χ1n) is 11.8. The number of benzene rings is 2. The van der Waals surface area contributed by atoms with Gasteiger partial charge in [-0.05, 0) is 49.2 Å². The zero-order chi connectivity index (χ0) is 23.8. The summed E-state index contributed by atoms with van der Waals surface area (Å²) in [5.41, 5.74) is 3.58. The fourth-order valence-corrected chi connectivity index (χ4v) is 4.93. The molecule has 35 heavy (non-hydrogen) atoms. The first-order chi connectivity index (χ1) is 17.2. The molecule has 2 aromatic carbocycles. The number of amides is 2. The number of para-hydroxylation sites is 1. The lowest BCUT2D eigenvalue weighted by Crippen LogP contribution is -2.42. The van der Waals surface area contributed by atoms with Gasteiger partial charge < -0.3 is 28.8 Å². The van der Waals surface area contributed by atoms with Crippen molar-refractivity contribution >= 4 is 17.2 Å². The number of nitrogens with zero attached hydrogens (tertiary/aromatic N) is 3. The van der Waals surface area contributed by atoms with E-state index >= 15 is 0 Å². The van der Waals surface area contributed by atoms with E-state index in [0.29, 0.717) is 30.3 Å². The molecule has 1 atom stereocenters. The van der Waals surface area contributed by atoms with Gasteiger partial charge in [-0.2, -0.15) is 0 Å². The topological polar surface area (TPSA) is 77.3 Å². The van der Waals surface area contributed by atoms with Crippen LogP contribution in [0.4, 0.5) is 10.5 Å². The van der Waals surface area contributed by atoms with Crippen LogP contribution < -0.4 is 19.5 Å². The van der Waals surface area contributed by atoms with Crippen molar-refractivity contribution in [2.24, 2.45) is 0 Å². The number of anilines is 1. The molecule has 1 N–H and O–H groups in total. The second-order valence-corrected chi connectivity index (χ2v) is 8.76. The summed E-state index contributed by atoms with van der Waals surface area (Å²) < 4.78 is 18.5. The van der Waals surface area contributed by atoms with Crippen molar-refractivity contribution in [1.82, 2.24) is 14.3 Å². The summed E-state index contributed by atoms with van der Waals surface area (Å²) in [6.45, 7) is 1.45. The van der Waals surface area contributed by atoms with Crippen LogP contribution in [-0.2, 0) is 0 Å². The second-order valence-electron chi connectivity index (χ2n) is 8.76. The number of imidazole rings is 1. The number of carbonyl (C=O) groups excluding carboxylic acids is 1. The molecular formula is C27H26N4O4. The second kappa shape index (κ2) is 8.87. The number of hydrogen-bond acceptors (Lipinski definition) is 5. The average Bonchev–Trinajstić information content (AvgIpc) is 3.55. The summed E-state index contributed by atoms with van der Waals surface area (Å²) in [5, 5.41) is 3.01. The highest BCUT2D eigenvalue weighted by atomic mass is 16.7. The Morgan fingerprint density at radius 2 is 2.03 bits per heavy atom. The Morgan fingerprint density at radius 1 is 1.11 bits per heavy atom. The monoisotopic (exact) mass is 470 g/mol. The molecule has 1 unspecified atom stereocenters. The van der Waals surface area contributed by atoms with E-state index in [1.54, 1.807) is 7.11 Å². The minimum atomic E-state index is -0.146. The maximum atomic E-state index is 13.2. The predicted molar refractivity (Wildman–Crippen MR) is 132 cm³/mol. The highest BCUT2D eigenvalue weighted by Crippen LogP contribution is 2.39. The number of ether oxygens (including phenoxy) is 3. The van der Waals surface area contributed by atoms with Gasteiger partial charge in [-0.3, -0.25) is 0 Å². The third-order valence-corrected chi connectivity index (χ3v) is 6.63. The number of hydrogen-bond donors (Lipinski definition) is 1. The van der Waals surface area contributed by atoms with E-state index in [0.717, 1.165) is 41.2 Å². The molecule has 0 bridgehead atoms. The minimum Gasteiger partial charge on any atom is -0.497 e. The lowest BCUT2D eigenvalue weighted by atomic mass is 9.97. The van der Waals surface area contributed by atoms with Gasteiger partial charge in [0.2, 0.25) is 6.79 Å². The molecule has 0 saturated carbocycles. The van der Waals surface area contributed by atoms with Gasteiger partial charge in [0.25, 0.3) is 0 Å². The van der Waals surface area contributed by atoms with Gasteiger partial charge in [0.15, 0.2) is 11.5 Å². The van der Waals surface area contributed by atoms with Crippen molar-refractivity contribution in [3.8, 4) is 28.5 Å². The van der Waals surface area contributed by atoms with Gasteiger partial charge in [0.05, 0.1) is 24.0 Å². The molecule has 4 aromatic rings. The van der Waals surface area contributed by atoms with Crippen LogP contribution >= 0.6 is 0 Å². The van der Waals surface area contributed by atoms with Crippen molar-refractivity contribution in [2.75, 3.05) is 32.3 Å². The number of piperidine rings is 1. The molecule has 0 spiro atoms. The Balaban J connectivity index is 1.28. The van der Waals surface area contributed by atoms with Crippen LogP contribution in [0.2, 0.25) is 0 Å². The van der Waals surface area contributed by atoms with E-state index in [-0.39, 0.29) is 18.7 Å². The van der Waals surface area contributed by atoms with E-state index < -0.39 is 0 Å². The molecule has 2 aliphatic heterocycles. The highest BCUT2D eigenvalue weighted by Gasteiger charge is 2.29. The number of nitrogens with one attached hydrogen (secondary N) is 1. The summed E-state index contributed by atoms with van der Waals surface area (Å²) in [4.78, 5) is 20.1. The van der Waals surface area contributed by atoms with Crippen molar-refractivity contribution < 1.29 is 19.0 Å². The van der Waals surface area contributed by atoms with Crippen LogP contribution in [0.3, 0.4) is 0 Å². The van der Waals surface area contributed by atoms with Crippen molar-refractivity contribution in [3.63, 3.8) is 0 Å². The lowest BCUT2D eigenvalue weighted by molar-refractivity contribution is 0.174. The Hall–Kier alpha value is -4.20. The third-order valence-electron chi connectivity index (χ3n) is 6.63. The zero-order valence-electron chi connectivity index (χ0n) is 19.4. The summed E-state index contributed by atoms with van der Waals surface area (Å²) >= 11 is 0. The zero-order valence-corrected chi connectivity index (χ0v) is 19.4. The van der Waals surface area contributed by atoms with Gasteiger partial charge in [-0.1, -0.05) is 24.3 Å². The molecule has 4 heterocycles. The van der Waals surface area contributed by atoms with Crippen LogP contribution in [0.5, 0.6) is 17.2 Å². The molecule has 1 fully saturated rings. The minimum absolute atomic E-state index is 0.116. The van der Waals surface area contributed by atoms with Crippen LogP contribution in [0.1, 0.15) is 24.6 Å². The van der Waals surface area contributed by atoms with Crippen LogP contribution in [0, 0.1) is 0 Å². The van der Waals surface area contributed by atoms with E-state index in [1.807, 2.05) is 65.7 Å². The van der Waals surface area contributed by atoms with Crippen LogP contribution in [-0.4, -0.2) is 47.3 Å². The lowest BCUT2D eigenvalue weighted by Gasteiger charge is -2.32. The number of fused-ring (bicyclic) bond motifs is 2. The van der Waals surface area contributed by atoms with Crippen molar-refractivity contribution in [3.05, 3.63) is 72.7 Å². The van der Waals surface area contributed by atoms with Gasteiger partial charge in [0.1, 0.15) is 11.6 Å². The van der Waals surface area contributed by atoms with E-state index in [2.05, 4.69) is 15.8 Å². The standard InChI is InChI=1S/C27H26N4O4/c1-33-20-9-4-7-18(15-20)24-22-11-2-3-14-31(22)26(29-24)19-8-6-13-30(16-19)27(32)28-21-10-5-12-23-25(21)35-17-34-23/h2-5,7,9-12,14-15,19H,6,8,13,16-17H2,1H3,(H,28,32). The molecular weight excluding hydrogens is 444 g/mol. The van der Waals surface area contributed by atoms with Crippen molar-refractivity contribution in [1.29, 1.82) is 0 Å². The number of rotatable bonds is 4. The average molecular weight is 471 g/mol. The first kappa shape index (κ1) is 21.3. The Kier molecular flexibility index (Phi) is 5.41. The molecule has 2 aromatic heterocycles. The Labute approximate surface area is 203 Å². The molecule has 2 amide bonds. The number of methoxy groups -OCH3 is 1. The van der Waals surface area contributed by atoms with Gasteiger partial charge in [0, 0.05) is 30.8 Å². The maximum absolute atomic E-state index is 13.2. The molecule has 2 aliphatic rings. The van der Waals surface area contributed by atoms with Crippen LogP contribution in [0.15, 0.2) is 66.9 Å². The van der Waals surface area contributed by atoms with E-state index in [4.69, 9.17) is 19.2 Å². The number of urea groups is 1. The van der Waals surface area contributed by atoms with Crippen LogP contribution in [0.25, 0.3) is 16.8 Å². The number of carbonyl (C=O) groups is 1. The van der Waals surface area contributed by atoms with Gasteiger partial charge in [-0.15, -0.1) is 0 Å². The fraction of sp³-hybridized carbons (Fsp3) is 0.259. The van der Waals surface area contributed by atoms with E-state index in [1.165, 1.54) is 0 Å². The third kappa shape index (κ3) is 3.90. The quantitative estimate of drug-likeness (QED) is 0.446. The summed E-state index contributed by atoms with van der Waals surface area (Å²) in [7, 11) is 1.67. The first-order valence-corrected chi connectivity index (χ1v) is 11.8. The summed E-state index contributed by atoms with van der Waals surface area (Å²) in [5.74, 6) is 3.10. The highest BCUT2D eigenvalue weighted by molar-refractivity contribution is 5.92.